The molecule has 2 rings (SSSR count). The highest BCUT2D eigenvalue weighted by Crippen LogP contribution is 2.17. The number of hydrogen-bond acceptors (Lipinski definition) is 7. The highest BCUT2D eigenvalue weighted by Gasteiger charge is 2.21. The van der Waals surface area contributed by atoms with Crippen LogP contribution in [-0.4, -0.2) is 26.9 Å². The second-order valence-corrected chi connectivity index (χ2v) is 5.19. The van der Waals surface area contributed by atoms with Gasteiger partial charge in [-0.05, 0) is 19.1 Å². The van der Waals surface area contributed by atoms with Crippen LogP contribution in [0, 0.1) is 0 Å². The summed E-state index contributed by atoms with van der Waals surface area (Å²) in [6.45, 7) is 3.18. The van der Waals surface area contributed by atoms with Gasteiger partial charge in [-0.1, -0.05) is 6.07 Å². The first-order chi connectivity index (χ1) is 11.0. The lowest BCUT2D eigenvalue weighted by Crippen LogP contribution is -2.28. The summed E-state index contributed by atoms with van der Waals surface area (Å²) in [4.78, 5) is 26.9. The second-order valence-electron chi connectivity index (χ2n) is 5.19. The number of carbonyl (C=O) groups excluding carboxylic acids is 2. The van der Waals surface area contributed by atoms with Crippen molar-refractivity contribution in [3.05, 3.63) is 41.4 Å². The maximum absolute atomic E-state index is 11.4. The van der Waals surface area contributed by atoms with E-state index in [4.69, 9.17) is 10.2 Å². The third-order valence-corrected chi connectivity index (χ3v) is 3.05. The SMILES string of the molecule is CC(=O)Cc1nnc([C@H](Cc2cccc(CN)n2)NC(C)=O)o1. The van der Waals surface area contributed by atoms with Crippen molar-refractivity contribution >= 4 is 11.7 Å². The summed E-state index contributed by atoms with van der Waals surface area (Å²) in [6, 6.07) is 5.00. The molecule has 3 N–H and O–H groups in total. The Labute approximate surface area is 133 Å². The first-order valence-electron chi connectivity index (χ1n) is 7.21. The normalized spacial score (nSPS) is 12.0. The van der Waals surface area contributed by atoms with Crippen LogP contribution in [0.4, 0.5) is 0 Å². The van der Waals surface area contributed by atoms with E-state index < -0.39 is 6.04 Å². The van der Waals surface area contributed by atoms with Gasteiger partial charge in [0, 0.05) is 25.6 Å². The lowest BCUT2D eigenvalue weighted by molar-refractivity contribution is -0.120. The number of rotatable bonds is 7. The number of pyridine rings is 1. The zero-order valence-corrected chi connectivity index (χ0v) is 13.1. The predicted molar refractivity (Wildman–Crippen MR) is 81.1 cm³/mol. The molecule has 0 spiro atoms. The summed E-state index contributed by atoms with van der Waals surface area (Å²) >= 11 is 0. The van der Waals surface area contributed by atoms with Crippen molar-refractivity contribution in [3.8, 4) is 0 Å². The van der Waals surface area contributed by atoms with Crippen LogP contribution in [0.3, 0.4) is 0 Å². The average molecular weight is 317 g/mol. The van der Waals surface area contributed by atoms with E-state index in [0.29, 0.717) is 13.0 Å². The lowest BCUT2D eigenvalue weighted by atomic mass is 10.1. The van der Waals surface area contributed by atoms with E-state index >= 15 is 0 Å². The van der Waals surface area contributed by atoms with E-state index in [1.807, 2.05) is 18.2 Å². The van der Waals surface area contributed by atoms with Crippen LogP contribution in [0.25, 0.3) is 0 Å². The van der Waals surface area contributed by atoms with Crippen LogP contribution in [0.2, 0.25) is 0 Å². The Kier molecular flexibility index (Phi) is 5.53. The van der Waals surface area contributed by atoms with Gasteiger partial charge in [0.25, 0.3) is 0 Å². The Bertz CT molecular complexity index is 698. The Balaban J connectivity index is 2.20. The molecule has 0 aliphatic rings. The molecule has 0 saturated heterocycles. The minimum absolute atomic E-state index is 0.0701. The van der Waals surface area contributed by atoms with Crippen molar-refractivity contribution in [2.24, 2.45) is 5.73 Å². The Morgan fingerprint density at radius 2 is 2.00 bits per heavy atom. The molecule has 0 aromatic carbocycles. The molecule has 0 aliphatic heterocycles. The number of amides is 1. The number of carbonyl (C=O) groups is 2. The fourth-order valence-electron chi connectivity index (χ4n) is 2.10. The largest absolute Gasteiger partial charge is 0.423 e. The van der Waals surface area contributed by atoms with Crippen molar-refractivity contribution < 1.29 is 14.0 Å². The van der Waals surface area contributed by atoms with E-state index in [2.05, 4.69) is 20.5 Å². The van der Waals surface area contributed by atoms with E-state index in [0.717, 1.165) is 11.4 Å². The predicted octanol–water partition coefficient (Wildman–Crippen LogP) is 0.475. The highest BCUT2D eigenvalue weighted by molar-refractivity contribution is 5.77. The zero-order chi connectivity index (χ0) is 16.8. The topological polar surface area (TPSA) is 124 Å². The van der Waals surface area contributed by atoms with Crippen LogP contribution in [-0.2, 0) is 29.0 Å². The summed E-state index contributed by atoms with van der Waals surface area (Å²) in [5.74, 6) is 0.174. The van der Waals surface area contributed by atoms with Gasteiger partial charge >= 0.3 is 0 Å². The van der Waals surface area contributed by atoms with E-state index in [1.165, 1.54) is 13.8 Å². The minimum Gasteiger partial charge on any atom is -0.423 e. The number of hydrogen-bond donors (Lipinski definition) is 2. The number of nitrogens with one attached hydrogen (secondary N) is 1. The molecule has 8 heteroatoms. The number of nitrogens with two attached hydrogens (primary N) is 1. The second kappa shape index (κ2) is 7.59. The molecule has 2 aromatic rings. The van der Waals surface area contributed by atoms with Gasteiger partial charge in [-0.3, -0.25) is 14.6 Å². The van der Waals surface area contributed by atoms with Gasteiger partial charge in [0.15, 0.2) is 0 Å². The number of aromatic nitrogens is 3. The summed E-state index contributed by atoms with van der Waals surface area (Å²) in [7, 11) is 0. The Morgan fingerprint density at radius 1 is 1.26 bits per heavy atom. The van der Waals surface area contributed by atoms with E-state index in [9.17, 15) is 9.59 Å². The Hall–Kier alpha value is -2.61. The first kappa shape index (κ1) is 16.8. The van der Waals surface area contributed by atoms with Crippen LogP contribution < -0.4 is 11.1 Å². The number of ketones is 1. The van der Waals surface area contributed by atoms with Crippen LogP contribution in [0.5, 0.6) is 0 Å². The molecule has 122 valence electrons. The van der Waals surface area contributed by atoms with Crippen molar-refractivity contribution in [3.63, 3.8) is 0 Å². The zero-order valence-electron chi connectivity index (χ0n) is 13.1. The summed E-state index contributed by atoms with van der Waals surface area (Å²) in [5, 5.41) is 10.5. The van der Waals surface area contributed by atoms with Gasteiger partial charge in [0.05, 0.1) is 12.1 Å². The molecule has 1 amide bonds. The molecule has 0 aliphatic carbocycles. The molecule has 2 heterocycles. The van der Waals surface area contributed by atoms with Crippen LogP contribution >= 0.6 is 0 Å². The molecular weight excluding hydrogens is 298 g/mol. The quantitative estimate of drug-likeness (QED) is 0.760. The maximum atomic E-state index is 11.4. The van der Waals surface area contributed by atoms with Gasteiger partial charge in [-0.25, -0.2) is 0 Å². The van der Waals surface area contributed by atoms with Crippen LogP contribution in [0.15, 0.2) is 22.6 Å². The molecule has 23 heavy (non-hydrogen) atoms. The fourth-order valence-corrected chi connectivity index (χ4v) is 2.10. The van der Waals surface area contributed by atoms with Gasteiger partial charge in [0.1, 0.15) is 11.8 Å². The number of nitrogens with zero attached hydrogens (tertiary/aromatic N) is 3. The minimum atomic E-state index is -0.513. The van der Waals surface area contributed by atoms with Crippen molar-refractivity contribution in [1.29, 1.82) is 0 Å². The standard InChI is InChI=1S/C15H19N5O3/c1-9(21)6-14-19-20-15(23-14)13(17-10(2)22)7-11-4-3-5-12(8-16)18-11/h3-5,13H,6-8,16H2,1-2H3,(H,17,22)/t13-/m0/s1. The van der Waals surface area contributed by atoms with E-state index in [-0.39, 0.29) is 29.9 Å². The summed E-state index contributed by atoms with van der Waals surface area (Å²) < 4.78 is 5.48. The first-order valence-corrected chi connectivity index (χ1v) is 7.21. The van der Waals surface area contributed by atoms with Crippen molar-refractivity contribution in [2.45, 2.75) is 39.3 Å². The van der Waals surface area contributed by atoms with Gasteiger partial charge in [-0.15, -0.1) is 10.2 Å². The molecule has 0 unspecified atom stereocenters. The smallest absolute Gasteiger partial charge is 0.239 e. The van der Waals surface area contributed by atoms with Crippen molar-refractivity contribution in [1.82, 2.24) is 20.5 Å². The Morgan fingerprint density at radius 3 is 2.65 bits per heavy atom. The van der Waals surface area contributed by atoms with Crippen LogP contribution in [0.1, 0.15) is 43.1 Å². The fraction of sp³-hybridized carbons (Fsp3) is 0.400. The third kappa shape index (κ3) is 4.96. The number of Topliss-reactive ketones (excluding diaryl/α,β-unsaturated/α-hetero) is 1. The molecular formula is C15H19N5O3. The third-order valence-electron chi connectivity index (χ3n) is 3.05. The molecule has 0 radical (unpaired) electrons. The molecule has 1 atom stereocenters. The van der Waals surface area contributed by atoms with Gasteiger partial charge in [0.2, 0.25) is 17.7 Å². The maximum Gasteiger partial charge on any atom is 0.239 e. The lowest BCUT2D eigenvalue weighted by Gasteiger charge is -2.14. The highest BCUT2D eigenvalue weighted by atomic mass is 16.4. The molecule has 2 aromatic heterocycles. The molecule has 8 nitrogen and oxygen atoms in total. The molecule has 0 saturated carbocycles. The average Bonchev–Trinajstić information content (AvgIpc) is 2.94. The monoisotopic (exact) mass is 317 g/mol. The van der Waals surface area contributed by atoms with Gasteiger partial charge < -0.3 is 15.5 Å². The summed E-state index contributed by atoms with van der Waals surface area (Å²) in [5.41, 5.74) is 7.09. The van der Waals surface area contributed by atoms with Gasteiger partial charge in [-0.2, -0.15) is 0 Å². The van der Waals surface area contributed by atoms with Crippen molar-refractivity contribution in [2.75, 3.05) is 0 Å². The molecule has 0 bridgehead atoms. The summed E-state index contributed by atoms with van der Waals surface area (Å²) in [6.07, 6.45) is 0.454. The van der Waals surface area contributed by atoms with E-state index in [1.54, 1.807) is 0 Å². The molecule has 0 fully saturated rings.